The van der Waals surface area contributed by atoms with Crippen LogP contribution in [0.4, 0.5) is 10.3 Å². The Morgan fingerprint density at radius 1 is 1.27 bits per heavy atom. The molecule has 0 aliphatic carbocycles. The van der Waals surface area contributed by atoms with E-state index in [0.29, 0.717) is 30.1 Å². The van der Waals surface area contributed by atoms with Crippen LogP contribution in [0.15, 0.2) is 27.6 Å². The zero-order chi connectivity index (χ0) is 21.9. The third kappa shape index (κ3) is 5.71. The van der Waals surface area contributed by atoms with Crippen LogP contribution in [0.3, 0.4) is 0 Å². The van der Waals surface area contributed by atoms with Crippen LogP contribution in [0.2, 0.25) is 0 Å². The molecule has 2 heterocycles. The number of nitrogens with zero attached hydrogens (tertiary/aromatic N) is 3. The number of piperidine rings is 1. The topological polar surface area (TPSA) is 85.5 Å². The summed E-state index contributed by atoms with van der Waals surface area (Å²) in [6.07, 6.45) is 4.97. The largest absolute Gasteiger partial charge is 0.493 e. The van der Waals surface area contributed by atoms with Gasteiger partial charge in [0, 0.05) is 30.8 Å². The molecule has 1 aromatic heterocycles. The van der Waals surface area contributed by atoms with E-state index in [1.807, 2.05) is 20.8 Å². The second-order valence-corrected chi connectivity index (χ2v) is 10.9. The summed E-state index contributed by atoms with van der Waals surface area (Å²) in [4.78, 5) is 6.38. The maximum atomic E-state index is 13.9. The van der Waals surface area contributed by atoms with Crippen LogP contribution >= 0.6 is 0 Å². The molecule has 3 rings (SSSR count). The van der Waals surface area contributed by atoms with Crippen molar-refractivity contribution in [2.45, 2.75) is 56.8 Å². The lowest BCUT2D eigenvalue weighted by Crippen LogP contribution is -2.34. The van der Waals surface area contributed by atoms with Gasteiger partial charge in [0.2, 0.25) is 5.89 Å². The number of ether oxygens (including phenoxy) is 1. The van der Waals surface area contributed by atoms with Gasteiger partial charge in [-0.2, -0.15) is 4.98 Å². The fourth-order valence-corrected chi connectivity index (χ4v) is 4.23. The highest BCUT2D eigenvalue weighted by atomic mass is 32.2. The van der Waals surface area contributed by atoms with Gasteiger partial charge in [0.05, 0.1) is 6.61 Å². The molecular weight excluding hydrogens is 409 g/mol. The number of aromatic nitrogens is 2. The number of halogens is 1. The number of hydrogen-bond donors (Lipinski definition) is 0. The molecule has 0 unspecified atom stereocenters. The van der Waals surface area contributed by atoms with Crippen molar-refractivity contribution in [3.63, 3.8) is 0 Å². The van der Waals surface area contributed by atoms with E-state index in [0.717, 1.165) is 51.1 Å². The summed E-state index contributed by atoms with van der Waals surface area (Å²) in [5.74, 6) is 1.49. The second-order valence-electron chi connectivity index (χ2n) is 8.94. The van der Waals surface area contributed by atoms with Crippen LogP contribution in [0.5, 0.6) is 5.75 Å². The number of rotatable bonds is 7. The van der Waals surface area contributed by atoms with E-state index in [4.69, 9.17) is 9.26 Å². The Morgan fingerprint density at radius 2 is 1.97 bits per heavy atom. The Balaban J connectivity index is 1.40. The van der Waals surface area contributed by atoms with Gasteiger partial charge in [-0.3, -0.25) is 0 Å². The first-order chi connectivity index (χ1) is 14.0. The fraction of sp³-hybridized carbons (Fsp3) is 0.619. The van der Waals surface area contributed by atoms with Gasteiger partial charge in [0.25, 0.3) is 5.95 Å². The van der Waals surface area contributed by atoms with Crippen molar-refractivity contribution < 1.29 is 22.1 Å². The van der Waals surface area contributed by atoms with Crippen molar-refractivity contribution >= 4 is 15.8 Å². The number of benzene rings is 1. The fourth-order valence-electron chi connectivity index (χ4n) is 3.50. The highest BCUT2D eigenvalue weighted by Gasteiger charge is 2.26. The molecule has 0 radical (unpaired) electrons. The number of hydrogen-bond acceptors (Lipinski definition) is 7. The van der Waals surface area contributed by atoms with Crippen LogP contribution in [0.25, 0.3) is 0 Å². The molecule has 2 aromatic rings. The van der Waals surface area contributed by atoms with E-state index < -0.39 is 15.7 Å². The van der Waals surface area contributed by atoms with Crippen LogP contribution in [0.1, 0.15) is 52.3 Å². The van der Waals surface area contributed by atoms with E-state index >= 15 is 0 Å². The molecule has 0 atom stereocenters. The molecule has 1 fully saturated rings. The third-order valence-electron chi connectivity index (χ3n) is 5.28. The predicted molar refractivity (Wildman–Crippen MR) is 112 cm³/mol. The van der Waals surface area contributed by atoms with E-state index in [1.54, 1.807) is 0 Å². The molecule has 1 aromatic carbocycles. The molecule has 166 valence electrons. The first-order valence-corrected chi connectivity index (χ1v) is 12.1. The van der Waals surface area contributed by atoms with E-state index in [1.165, 1.54) is 12.1 Å². The normalized spacial score (nSPS) is 16.1. The van der Waals surface area contributed by atoms with E-state index in [-0.39, 0.29) is 10.3 Å². The molecular formula is C21H30FN3O4S. The standard InChI is InChI=1S/C21H30FN3O4S/c1-21(2,3)19-23-20(24-29-19)25-11-9-15(10-12-25)6-5-13-28-16-7-8-18(17(22)14-16)30(4,26)27/h7-8,14-15H,5-6,9-13H2,1-4H3. The minimum Gasteiger partial charge on any atom is -0.493 e. The quantitative estimate of drug-likeness (QED) is 0.603. The van der Waals surface area contributed by atoms with Gasteiger partial charge in [-0.25, -0.2) is 12.8 Å². The minimum atomic E-state index is -3.57. The molecule has 30 heavy (non-hydrogen) atoms. The third-order valence-corrected chi connectivity index (χ3v) is 6.41. The number of sulfone groups is 1. The molecule has 0 amide bonds. The van der Waals surface area contributed by atoms with Gasteiger partial charge in [0.1, 0.15) is 16.5 Å². The zero-order valence-corrected chi connectivity index (χ0v) is 18.8. The van der Waals surface area contributed by atoms with Crippen molar-refractivity contribution in [2.75, 3.05) is 30.9 Å². The Morgan fingerprint density at radius 3 is 2.53 bits per heavy atom. The smallest absolute Gasteiger partial charge is 0.266 e. The monoisotopic (exact) mass is 439 g/mol. The Labute approximate surface area is 177 Å². The van der Waals surface area contributed by atoms with Crippen molar-refractivity contribution in [2.24, 2.45) is 5.92 Å². The van der Waals surface area contributed by atoms with Gasteiger partial charge in [0.15, 0.2) is 9.84 Å². The summed E-state index contributed by atoms with van der Waals surface area (Å²) >= 11 is 0. The van der Waals surface area contributed by atoms with Gasteiger partial charge in [-0.05, 0) is 48.9 Å². The van der Waals surface area contributed by atoms with Gasteiger partial charge >= 0.3 is 0 Å². The van der Waals surface area contributed by atoms with E-state index in [9.17, 15) is 12.8 Å². The molecule has 7 nitrogen and oxygen atoms in total. The molecule has 0 bridgehead atoms. The van der Waals surface area contributed by atoms with Gasteiger partial charge in [-0.1, -0.05) is 20.8 Å². The highest BCUT2D eigenvalue weighted by molar-refractivity contribution is 7.90. The predicted octanol–water partition coefficient (Wildman–Crippen LogP) is 3.99. The Hall–Kier alpha value is -2.16. The molecule has 1 aliphatic heterocycles. The zero-order valence-electron chi connectivity index (χ0n) is 18.0. The van der Waals surface area contributed by atoms with Crippen LogP contribution in [-0.2, 0) is 15.3 Å². The molecule has 1 aliphatic rings. The summed E-state index contributed by atoms with van der Waals surface area (Å²) in [7, 11) is -3.57. The summed E-state index contributed by atoms with van der Waals surface area (Å²) < 4.78 is 47.8. The Kier molecular flexibility index (Phi) is 6.69. The van der Waals surface area contributed by atoms with Crippen LogP contribution < -0.4 is 9.64 Å². The summed E-state index contributed by atoms with van der Waals surface area (Å²) in [5, 5.41) is 4.12. The van der Waals surface area contributed by atoms with Gasteiger partial charge < -0.3 is 14.2 Å². The van der Waals surface area contributed by atoms with Crippen molar-refractivity contribution in [3.05, 3.63) is 29.9 Å². The minimum absolute atomic E-state index is 0.155. The van der Waals surface area contributed by atoms with Crippen LogP contribution in [-0.4, -0.2) is 44.5 Å². The maximum Gasteiger partial charge on any atom is 0.266 e. The molecule has 0 saturated carbocycles. The maximum absolute atomic E-state index is 13.9. The molecule has 1 saturated heterocycles. The number of anilines is 1. The lowest BCUT2D eigenvalue weighted by atomic mass is 9.92. The van der Waals surface area contributed by atoms with Crippen molar-refractivity contribution in [1.82, 2.24) is 10.1 Å². The summed E-state index contributed by atoms with van der Waals surface area (Å²) in [5.41, 5.74) is -0.155. The lowest BCUT2D eigenvalue weighted by Gasteiger charge is -2.30. The SMILES string of the molecule is CC(C)(C)c1nc(N2CCC(CCCOc3ccc(S(C)(=O)=O)c(F)c3)CC2)no1. The molecule has 9 heteroatoms. The lowest BCUT2D eigenvalue weighted by molar-refractivity contribution is 0.277. The Bertz CT molecular complexity index is 961. The average molecular weight is 440 g/mol. The summed E-state index contributed by atoms with van der Waals surface area (Å²) in [6.45, 7) is 8.41. The molecule has 0 spiro atoms. The highest BCUT2D eigenvalue weighted by Crippen LogP contribution is 2.27. The first kappa shape index (κ1) is 22.5. The first-order valence-electron chi connectivity index (χ1n) is 10.3. The van der Waals surface area contributed by atoms with Crippen molar-refractivity contribution in [3.8, 4) is 5.75 Å². The summed E-state index contributed by atoms with van der Waals surface area (Å²) in [6, 6.07) is 3.87. The van der Waals surface area contributed by atoms with E-state index in [2.05, 4.69) is 15.0 Å². The van der Waals surface area contributed by atoms with Crippen LogP contribution in [0, 0.1) is 11.7 Å². The molecule has 0 N–H and O–H groups in total. The van der Waals surface area contributed by atoms with Gasteiger partial charge in [-0.15, -0.1) is 0 Å². The second kappa shape index (κ2) is 8.91. The average Bonchev–Trinajstić information content (AvgIpc) is 3.15. The van der Waals surface area contributed by atoms with Crippen molar-refractivity contribution in [1.29, 1.82) is 0 Å².